The lowest BCUT2D eigenvalue weighted by Crippen LogP contribution is -2.15. The third kappa shape index (κ3) is 4.95. The summed E-state index contributed by atoms with van der Waals surface area (Å²) in [6.07, 6.45) is -2.94. The lowest BCUT2D eigenvalue weighted by atomic mass is 10.2. The Morgan fingerprint density at radius 3 is 2.50 bits per heavy atom. The highest BCUT2D eigenvalue weighted by Crippen LogP contribution is 2.29. The first-order chi connectivity index (χ1) is 11.4. The highest BCUT2D eigenvalue weighted by molar-refractivity contribution is 6.03. The predicted octanol–water partition coefficient (Wildman–Crippen LogP) is 3.41. The molecule has 0 unspecified atom stereocenters. The third-order valence-electron chi connectivity index (χ3n) is 3.10. The number of pyridine rings is 1. The summed E-state index contributed by atoms with van der Waals surface area (Å²) in [4.78, 5) is 16.1. The van der Waals surface area contributed by atoms with Gasteiger partial charge in [0.2, 0.25) is 0 Å². The molecule has 0 aliphatic heterocycles. The maximum absolute atomic E-state index is 12.5. The van der Waals surface area contributed by atoms with Gasteiger partial charge in [0.25, 0.3) is 5.91 Å². The second-order valence-electron chi connectivity index (χ2n) is 4.88. The van der Waals surface area contributed by atoms with Crippen molar-refractivity contribution in [2.24, 2.45) is 0 Å². The lowest BCUT2D eigenvalue weighted by molar-refractivity contribution is -0.137. The number of aromatic nitrogens is 1. The first-order valence-electron chi connectivity index (χ1n) is 7.07. The molecule has 2 N–H and O–H groups in total. The van der Waals surface area contributed by atoms with Crippen LogP contribution >= 0.6 is 0 Å². The van der Waals surface area contributed by atoms with Gasteiger partial charge in [-0.15, -0.1) is 0 Å². The first kappa shape index (κ1) is 17.7. The van der Waals surface area contributed by atoms with Crippen LogP contribution in [-0.4, -0.2) is 31.2 Å². The monoisotopic (exact) mass is 339 g/mol. The molecule has 1 aromatic heterocycles. The van der Waals surface area contributed by atoms with E-state index < -0.39 is 17.6 Å². The van der Waals surface area contributed by atoms with Crippen LogP contribution in [0.3, 0.4) is 0 Å². The standard InChI is InChI=1S/C16H16F3N3O2/c1-24-9-8-20-13-6-7-21-14(10-13)15(23)22-12-4-2-11(3-5-12)16(17,18)19/h2-7,10H,8-9H2,1H3,(H,20,21)(H,22,23). The van der Waals surface area contributed by atoms with Gasteiger partial charge in [0.15, 0.2) is 0 Å². The summed E-state index contributed by atoms with van der Waals surface area (Å²) < 4.78 is 42.4. The smallest absolute Gasteiger partial charge is 0.383 e. The molecule has 1 aromatic carbocycles. The summed E-state index contributed by atoms with van der Waals surface area (Å²) in [5.41, 5.74) is 0.326. The molecule has 128 valence electrons. The van der Waals surface area contributed by atoms with Gasteiger partial charge in [0.1, 0.15) is 5.69 Å². The van der Waals surface area contributed by atoms with Crippen LogP contribution in [0.25, 0.3) is 0 Å². The van der Waals surface area contributed by atoms with Crippen LogP contribution < -0.4 is 10.6 Å². The summed E-state index contributed by atoms with van der Waals surface area (Å²) in [5, 5.41) is 5.57. The zero-order chi connectivity index (χ0) is 17.6. The number of nitrogens with one attached hydrogen (secondary N) is 2. The van der Waals surface area contributed by atoms with Crippen molar-refractivity contribution >= 4 is 17.3 Å². The number of methoxy groups -OCH3 is 1. The summed E-state index contributed by atoms with van der Waals surface area (Å²) >= 11 is 0. The fraction of sp³-hybridized carbons (Fsp3) is 0.250. The SMILES string of the molecule is COCCNc1ccnc(C(=O)Nc2ccc(C(F)(F)F)cc2)c1. The van der Waals surface area contributed by atoms with Crippen LogP contribution in [0.5, 0.6) is 0 Å². The van der Waals surface area contributed by atoms with Crippen molar-refractivity contribution in [3.63, 3.8) is 0 Å². The van der Waals surface area contributed by atoms with Crippen molar-refractivity contribution in [1.29, 1.82) is 0 Å². The average Bonchev–Trinajstić information content (AvgIpc) is 2.55. The van der Waals surface area contributed by atoms with Crippen molar-refractivity contribution in [3.05, 3.63) is 53.9 Å². The van der Waals surface area contributed by atoms with Crippen molar-refractivity contribution in [2.75, 3.05) is 30.9 Å². The van der Waals surface area contributed by atoms with E-state index in [2.05, 4.69) is 15.6 Å². The number of ether oxygens (including phenoxy) is 1. The molecule has 0 aliphatic carbocycles. The predicted molar refractivity (Wildman–Crippen MR) is 84.0 cm³/mol. The van der Waals surface area contributed by atoms with Crippen LogP contribution in [-0.2, 0) is 10.9 Å². The minimum atomic E-state index is -4.41. The van der Waals surface area contributed by atoms with E-state index in [4.69, 9.17) is 4.74 Å². The van der Waals surface area contributed by atoms with E-state index in [9.17, 15) is 18.0 Å². The molecule has 0 saturated carbocycles. The third-order valence-corrected chi connectivity index (χ3v) is 3.10. The molecule has 5 nitrogen and oxygen atoms in total. The Bertz CT molecular complexity index is 688. The van der Waals surface area contributed by atoms with Gasteiger partial charge in [-0.3, -0.25) is 9.78 Å². The van der Waals surface area contributed by atoms with Crippen LogP contribution in [0.4, 0.5) is 24.5 Å². The number of carbonyl (C=O) groups excluding carboxylic acids is 1. The van der Waals surface area contributed by atoms with E-state index in [1.165, 1.54) is 18.3 Å². The Hall–Kier alpha value is -2.61. The van der Waals surface area contributed by atoms with E-state index in [0.717, 1.165) is 12.1 Å². The number of nitrogens with zero attached hydrogens (tertiary/aromatic N) is 1. The Morgan fingerprint density at radius 2 is 1.88 bits per heavy atom. The van der Waals surface area contributed by atoms with Gasteiger partial charge >= 0.3 is 6.18 Å². The van der Waals surface area contributed by atoms with E-state index in [-0.39, 0.29) is 11.4 Å². The zero-order valence-corrected chi connectivity index (χ0v) is 12.9. The highest BCUT2D eigenvalue weighted by Gasteiger charge is 2.30. The Morgan fingerprint density at radius 1 is 1.17 bits per heavy atom. The highest BCUT2D eigenvalue weighted by atomic mass is 19.4. The second-order valence-corrected chi connectivity index (χ2v) is 4.88. The molecule has 0 fully saturated rings. The molecule has 0 spiro atoms. The molecular formula is C16H16F3N3O2. The van der Waals surface area contributed by atoms with Gasteiger partial charge in [-0.25, -0.2) is 0 Å². The normalized spacial score (nSPS) is 11.2. The fourth-order valence-corrected chi connectivity index (χ4v) is 1.90. The quantitative estimate of drug-likeness (QED) is 0.792. The fourth-order valence-electron chi connectivity index (χ4n) is 1.90. The van der Waals surface area contributed by atoms with Gasteiger partial charge in [-0.2, -0.15) is 13.2 Å². The lowest BCUT2D eigenvalue weighted by Gasteiger charge is -2.10. The molecule has 1 heterocycles. The van der Waals surface area contributed by atoms with Crippen LogP contribution in [0.15, 0.2) is 42.6 Å². The van der Waals surface area contributed by atoms with E-state index in [0.29, 0.717) is 18.8 Å². The number of rotatable bonds is 6. The summed E-state index contributed by atoms with van der Waals surface area (Å²) in [6.45, 7) is 1.08. The molecule has 0 radical (unpaired) electrons. The Balaban J connectivity index is 2.03. The van der Waals surface area contributed by atoms with Gasteiger partial charge < -0.3 is 15.4 Å². The number of carbonyl (C=O) groups is 1. The molecule has 2 aromatic rings. The van der Waals surface area contributed by atoms with E-state index in [1.54, 1.807) is 19.2 Å². The molecule has 0 aliphatic rings. The van der Waals surface area contributed by atoms with E-state index >= 15 is 0 Å². The van der Waals surface area contributed by atoms with Crippen molar-refractivity contribution in [2.45, 2.75) is 6.18 Å². The number of hydrogen-bond acceptors (Lipinski definition) is 4. The first-order valence-corrected chi connectivity index (χ1v) is 7.07. The molecule has 0 bridgehead atoms. The largest absolute Gasteiger partial charge is 0.416 e. The number of anilines is 2. The molecular weight excluding hydrogens is 323 g/mol. The molecule has 2 rings (SSSR count). The van der Waals surface area contributed by atoms with Crippen LogP contribution in [0.1, 0.15) is 16.1 Å². The summed E-state index contributed by atoms with van der Waals surface area (Å²) in [7, 11) is 1.58. The minimum Gasteiger partial charge on any atom is -0.383 e. The maximum atomic E-state index is 12.5. The Labute approximate surface area is 136 Å². The molecule has 8 heteroatoms. The summed E-state index contributed by atoms with van der Waals surface area (Å²) in [5.74, 6) is -0.509. The number of benzene rings is 1. The van der Waals surface area contributed by atoms with Gasteiger partial charge in [-0.05, 0) is 36.4 Å². The number of hydrogen-bond donors (Lipinski definition) is 2. The number of halogens is 3. The number of alkyl halides is 3. The van der Waals surface area contributed by atoms with Crippen molar-refractivity contribution < 1.29 is 22.7 Å². The second kappa shape index (κ2) is 7.78. The molecule has 24 heavy (non-hydrogen) atoms. The number of amides is 1. The average molecular weight is 339 g/mol. The van der Waals surface area contributed by atoms with E-state index in [1.807, 2.05) is 0 Å². The minimum absolute atomic E-state index is 0.150. The zero-order valence-electron chi connectivity index (χ0n) is 12.9. The molecule has 1 amide bonds. The molecule has 0 atom stereocenters. The Kier molecular flexibility index (Phi) is 5.75. The maximum Gasteiger partial charge on any atom is 0.416 e. The van der Waals surface area contributed by atoms with Gasteiger partial charge in [0.05, 0.1) is 12.2 Å². The topological polar surface area (TPSA) is 63.2 Å². The van der Waals surface area contributed by atoms with Crippen molar-refractivity contribution in [3.8, 4) is 0 Å². The van der Waals surface area contributed by atoms with Crippen LogP contribution in [0, 0.1) is 0 Å². The summed E-state index contributed by atoms with van der Waals surface area (Å²) in [6, 6.07) is 7.46. The van der Waals surface area contributed by atoms with Gasteiger partial charge in [0, 0.05) is 31.2 Å². The van der Waals surface area contributed by atoms with Gasteiger partial charge in [-0.1, -0.05) is 0 Å². The molecule has 0 saturated heterocycles. The van der Waals surface area contributed by atoms with Crippen LogP contribution in [0.2, 0.25) is 0 Å². The van der Waals surface area contributed by atoms with Crippen molar-refractivity contribution in [1.82, 2.24) is 4.98 Å².